The molecule has 0 heterocycles. The smallest absolute Gasteiger partial charge is 0.105 e. The number of hydrogen-bond acceptors (Lipinski definition) is 3. The molecule has 0 aliphatic heterocycles. The second-order valence-electron chi connectivity index (χ2n) is 4.02. The van der Waals surface area contributed by atoms with E-state index in [1.54, 1.807) is 0 Å². The van der Waals surface area contributed by atoms with Gasteiger partial charge in [0.25, 0.3) is 0 Å². The number of alkyl halides is 1. The predicted molar refractivity (Wildman–Crippen MR) is 73.2 cm³/mol. The van der Waals surface area contributed by atoms with Gasteiger partial charge in [-0.3, -0.25) is 0 Å². The van der Waals surface area contributed by atoms with Crippen molar-refractivity contribution in [3.05, 3.63) is 35.4 Å². The van der Waals surface area contributed by atoms with Crippen molar-refractivity contribution in [2.75, 3.05) is 11.9 Å². The van der Waals surface area contributed by atoms with Gasteiger partial charge in [0.15, 0.2) is 0 Å². The van der Waals surface area contributed by atoms with Crippen LogP contribution in [-0.2, 0) is 6.54 Å². The Hall–Kier alpha value is -0.420. The molecule has 1 rings (SSSR count). The molecule has 4 heteroatoms. The second-order valence-corrected chi connectivity index (χ2v) is 4.81. The highest BCUT2D eigenvalue weighted by molar-refractivity contribution is 9.09. The monoisotopic (exact) mass is 301 g/mol. The average molecular weight is 302 g/mol. The highest BCUT2D eigenvalue weighted by atomic mass is 79.9. The van der Waals surface area contributed by atoms with E-state index in [1.165, 1.54) is 0 Å². The van der Waals surface area contributed by atoms with Gasteiger partial charge in [0.05, 0.1) is 6.10 Å². The molecule has 0 amide bonds. The van der Waals surface area contributed by atoms with Crippen LogP contribution in [0.1, 0.15) is 30.6 Å². The SMILES string of the molecule is CCNCc1cccc(C(O)C(O)CCBr)c1. The maximum atomic E-state index is 9.98. The first-order chi connectivity index (χ1) is 8.19. The molecule has 17 heavy (non-hydrogen) atoms. The molecule has 0 aliphatic carbocycles. The van der Waals surface area contributed by atoms with Gasteiger partial charge in [0.2, 0.25) is 0 Å². The lowest BCUT2D eigenvalue weighted by Crippen LogP contribution is -2.19. The van der Waals surface area contributed by atoms with E-state index in [0.29, 0.717) is 11.8 Å². The van der Waals surface area contributed by atoms with Crippen LogP contribution in [0.25, 0.3) is 0 Å². The summed E-state index contributed by atoms with van der Waals surface area (Å²) in [4.78, 5) is 0. The van der Waals surface area contributed by atoms with Gasteiger partial charge in [-0.15, -0.1) is 0 Å². The molecule has 3 nitrogen and oxygen atoms in total. The van der Waals surface area contributed by atoms with E-state index in [1.807, 2.05) is 24.3 Å². The van der Waals surface area contributed by atoms with Gasteiger partial charge < -0.3 is 15.5 Å². The highest BCUT2D eigenvalue weighted by Gasteiger charge is 2.17. The van der Waals surface area contributed by atoms with Crippen LogP contribution in [0.4, 0.5) is 0 Å². The summed E-state index contributed by atoms with van der Waals surface area (Å²) >= 11 is 3.26. The van der Waals surface area contributed by atoms with Crippen LogP contribution in [0.2, 0.25) is 0 Å². The van der Waals surface area contributed by atoms with Gasteiger partial charge in [0, 0.05) is 11.9 Å². The molecular formula is C13H20BrNO2. The van der Waals surface area contributed by atoms with Crippen LogP contribution in [0, 0.1) is 0 Å². The van der Waals surface area contributed by atoms with Crippen molar-refractivity contribution in [1.29, 1.82) is 0 Å². The summed E-state index contributed by atoms with van der Waals surface area (Å²) < 4.78 is 0. The van der Waals surface area contributed by atoms with Crippen molar-refractivity contribution in [2.24, 2.45) is 0 Å². The Labute approximate surface area is 111 Å². The summed E-state index contributed by atoms with van der Waals surface area (Å²) in [6.07, 6.45) is -0.989. The molecule has 0 aliphatic rings. The molecule has 2 atom stereocenters. The first kappa shape index (κ1) is 14.6. The molecule has 96 valence electrons. The summed E-state index contributed by atoms with van der Waals surface area (Å²) in [5.41, 5.74) is 1.89. The first-order valence-corrected chi connectivity index (χ1v) is 7.02. The standard InChI is InChI=1S/C13H20BrNO2/c1-2-15-9-10-4-3-5-11(8-10)13(17)12(16)6-7-14/h3-5,8,12-13,15-17H,2,6-7,9H2,1H3. The minimum atomic E-state index is -0.811. The zero-order valence-corrected chi connectivity index (χ0v) is 11.7. The molecule has 0 fully saturated rings. The van der Waals surface area contributed by atoms with Crippen molar-refractivity contribution in [3.8, 4) is 0 Å². The summed E-state index contributed by atoms with van der Waals surface area (Å²) in [7, 11) is 0. The van der Waals surface area contributed by atoms with Crippen LogP contribution in [0.5, 0.6) is 0 Å². The van der Waals surface area contributed by atoms with E-state index in [4.69, 9.17) is 0 Å². The minimum Gasteiger partial charge on any atom is -0.390 e. The lowest BCUT2D eigenvalue weighted by atomic mass is 10.0. The van der Waals surface area contributed by atoms with E-state index in [-0.39, 0.29) is 0 Å². The Morgan fingerprint density at radius 3 is 2.76 bits per heavy atom. The number of hydrogen-bond donors (Lipinski definition) is 3. The largest absolute Gasteiger partial charge is 0.390 e. The average Bonchev–Trinajstić information content (AvgIpc) is 2.36. The zero-order chi connectivity index (χ0) is 12.7. The Kier molecular flexibility index (Phi) is 6.73. The number of aliphatic hydroxyl groups excluding tert-OH is 2. The van der Waals surface area contributed by atoms with Crippen molar-refractivity contribution in [2.45, 2.75) is 32.1 Å². The predicted octanol–water partition coefficient (Wildman–Crippen LogP) is 1.98. The van der Waals surface area contributed by atoms with Crippen LogP contribution in [0.3, 0.4) is 0 Å². The van der Waals surface area contributed by atoms with Gasteiger partial charge in [-0.25, -0.2) is 0 Å². The lowest BCUT2D eigenvalue weighted by molar-refractivity contribution is 0.0173. The number of nitrogens with one attached hydrogen (secondary N) is 1. The number of halogens is 1. The molecule has 0 aromatic heterocycles. The zero-order valence-electron chi connectivity index (χ0n) is 10.1. The Morgan fingerprint density at radius 2 is 2.12 bits per heavy atom. The van der Waals surface area contributed by atoms with Gasteiger partial charge in [-0.2, -0.15) is 0 Å². The highest BCUT2D eigenvalue weighted by Crippen LogP contribution is 2.20. The van der Waals surface area contributed by atoms with E-state index in [0.717, 1.165) is 24.2 Å². The second kappa shape index (κ2) is 7.82. The van der Waals surface area contributed by atoms with E-state index < -0.39 is 12.2 Å². The molecule has 2 unspecified atom stereocenters. The molecule has 1 aromatic carbocycles. The lowest BCUT2D eigenvalue weighted by Gasteiger charge is -2.18. The third kappa shape index (κ3) is 4.76. The molecule has 1 aromatic rings. The van der Waals surface area contributed by atoms with Crippen molar-refractivity contribution in [1.82, 2.24) is 5.32 Å². The number of aliphatic hydroxyl groups is 2. The third-order valence-corrected chi connectivity index (χ3v) is 3.10. The Bertz CT molecular complexity index is 333. The normalized spacial score (nSPS) is 14.6. The summed E-state index contributed by atoms with van der Waals surface area (Å²) in [5.74, 6) is 0. The summed E-state index contributed by atoms with van der Waals surface area (Å²) in [6, 6.07) is 7.70. The van der Waals surface area contributed by atoms with Crippen LogP contribution in [0.15, 0.2) is 24.3 Å². The van der Waals surface area contributed by atoms with Gasteiger partial charge >= 0.3 is 0 Å². The van der Waals surface area contributed by atoms with Crippen LogP contribution in [-0.4, -0.2) is 28.2 Å². The van der Waals surface area contributed by atoms with E-state index in [9.17, 15) is 10.2 Å². The van der Waals surface area contributed by atoms with Crippen LogP contribution < -0.4 is 5.32 Å². The Morgan fingerprint density at radius 1 is 1.35 bits per heavy atom. The molecule has 0 spiro atoms. The number of rotatable bonds is 7. The quantitative estimate of drug-likeness (QED) is 0.675. The van der Waals surface area contributed by atoms with Crippen molar-refractivity contribution in [3.63, 3.8) is 0 Å². The van der Waals surface area contributed by atoms with Crippen molar-refractivity contribution < 1.29 is 10.2 Å². The fourth-order valence-corrected chi connectivity index (χ4v) is 2.12. The van der Waals surface area contributed by atoms with E-state index >= 15 is 0 Å². The first-order valence-electron chi connectivity index (χ1n) is 5.90. The van der Waals surface area contributed by atoms with Gasteiger partial charge in [-0.05, 0) is 24.1 Å². The minimum absolute atomic E-state index is 0.540. The molecule has 0 radical (unpaired) electrons. The van der Waals surface area contributed by atoms with Crippen LogP contribution >= 0.6 is 15.9 Å². The maximum absolute atomic E-state index is 9.98. The summed E-state index contributed by atoms with van der Waals surface area (Å²) in [6.45, 7) is 3.75. The third-order valence-electron chi connectivity index (χ3n) is 2.64. The van der Waals surface area contributed by atoms with E-state index in [2.05, 4.69) is 28.2 Å². The molecular weight excluding hydrogens is 282 g/mol. The molecule has 3 N–H and O–H groups in total. The van der Waals surface area contributed by atoms with Gasteiger partial charge in [0.1, 0.15) is 6.10 Å². The van der Waals surface area contributed by atoms with Crippen molar-refractivity contribution >= 4 is 15.9 Å². The topological polar surface area (TPSA) is 52.5 Å². The number of benzene rings is 1. The molecule has 0 bridgehead atoms. The van der Waals surface area contributed by atoms with Gasteiger partial charge in [-0.1, -0.05) is 47.1 Å². The fraction of sp³-hybridized carbons (Fsp3) is 0.538. The maximum Gasteiger partial charge on any atom is 0.105 e. The fourth-order valence-electron chi connectivity index (χ4n) is 1.65. The summed E-state index contributed by atoms with van der Waals surface area (Å²) in [5, 5.41) is 23.6. The molecule has 0 saturated carbocycles. The molecule has 0 saturated heterocycles. The Balaban J connectivity index is 2.69.